The molecule has 4 rings (SSSR count). The number of hydrogen-bond acceptors (Lipinski definition) is 5. The van der Waals surface area contributed by atoms with Gasteiger partial charge in [-0.15, -0.1) is 11.3 Å². The molecule has 1 N–H and O–H groups in total. The Balaban J connectivity index is 1.81. The van der Waals surface area contributed by atoms with Crippen molar-refractivity contribution in [3.63, 3.8) is 0 Å². The molecule has 3 aromatic rings. The van der Waals surface area contributed by atoms with Gasteiger partial charge in [0.2, 0.25) is 5.95 Å². The molecular weight excluding hydrogens is 306 g/mol. The van der Waals surface area contributed by atoms with Crippen molar-refractivity contribution in [3.05, 3.63) is 16.8 Å². The zero-order chi connectivity index (χ0) is 15.8. The van der Waals surface area contributed by atoms with Gasteiger partial charge in [-0.3, -0.25) is 0 Å². The Hall–Kier alpha value is -1.69. The summed E-state index contributed by atoms with van der Waals surface area (Å²) in [6.07, 6.45) is 8.99. The monoisotopic (exact) mass is 329 g/mol. The van der Waals surface area contributed by atoms with Crippen LogP contribution in [0.2, 0.25) is 0 Å². The third-order valence-electron chi connectivity index (χ3n) is 4.78. The van der Waals surface area contributed by atoms with Crippen LogP contribution in [-0.4, -0.2) is 26.1 Å². The van der Waals surface area contributed by atoms with Crippen LogP contribution in [-0.2, 0) is 6.42 Å². The maximum Gasteiger partial charge on any atom is 0.227 e. The molecule has 3 aromatic heterocycles. The van der Waals surface area contributed by atoms with Crippen molar-refractivity contribution >= 4 is 33.1 Å². The number of anilines is 1. The average molecular weight is 329 g/mol. The topological polar surface area (TPSA) is 55.1 Å². The normalized spacial score (nSPS) is 17.7. The first kappa shape index (κ1) is 14.9. The van der Waals surface area contributed by atoms with E-state index in [0.29, 0.717) is 5.92 Å². The SMILES string of the molecule is CCCCCNc1nc2sc3c(c2c2ncnn12)[C@H](C)CCC3. The van der Waals surface area contributed by atoms with E-state index in [9.17, 15) is 0 Å². The van der Waals surface area contributed by atoms with E-state index >= 15 is 0 Å². The number of nitrogens with zero attached hydrogens (tertiary/aromatic N) is 4. The van der Waals surface area contributed by atoms with Gasteiger partial charge in [-0.05, 0) is 37.2 Å². The Labute approximate surface area is 140 Å². The Kier molecular flexibility index (Phi) is 3.93. The third kappa shape index (κ3) is 2.49. The molecule has 1 atom stereocenters. The molecule has 0 saturated carbocycles. The number of hydrogen-bond donors (Lipinski definition) is 1. The van der Waals surface area contributed by atoms with Crippen LogP contribution in [0.15, 0.2) is 6.33 Å². The Morgan fingerprint density at radius 1 is 1.39 bits per heavy atom. The molecule has 6 heteroatoms. The highest BCUT2D eigenvalue weighted by Crippen LogP contribution is 2.43. The standard InChI is InChI=1S/C17H23N5S/c1-3-4-5-9-18-17-21-16-14(15-19-10-20-22(15)17)13-11(2)7-6-8-12(13)23-16/h10-11H,3-9H2,1-2H3,(H,18,21)/t11-/m1/s1. The number of thiophene rings is 1. The largest absolute Gasteiger partial charge is 0.354 e. The molecule has 5 nitrogen and oxygen atoms in total. The van der Waals surface area contributed by atoms with E-state index in [-0.39, 0.29) is 0 Å². The van der Waals surface area contributed by atoms with Crippen LogP contribution >= 0.6 is 11.3 Å². The van der Waals surface area contributed by atoms with Crippen LogP contribution in [0.25, 0.3) is 15.9 Å². The summed E-state index contributed by atoms with van der Waals surface area (Å²) < 4.78 is 1.88. The number of unbranched alkanes of at least 4 members (excludes halogenated alkanes) is 2. The van der Waals surface area contributed by atoms with Gasteiger partial charge in [0.15, 0.2) is 5.65 Å². The van der Waals surface area contributed by atoms with Crippen molar-refractivity contribution in [1.82, 2.24) is 19.6 Å². The van der Waals surface area contributed by atoms with Gasteiger partial charge in [-0.2, -0.15) is 9.61 Å². The minimum Gasteiger partial charge on any atom is -0.354 e. The smallest absolute Gasteiger partial charge is 0.227 e. The van der Waals surface area contributed by atoms with E-state index in [0.717, 1.165) is 29.4 Å². The van der Waals surface area contributed by atoms with E-state index < -0.39 is 0 Å². The van der Waals surface area contributed by atoms with Crippen LogP contribution < -0.4 is 5.32 Å². The highest BCUT2D eigenvalue weighted by Gasteiger charge is 2.25. The maximum absolute atomic E-state index is 4.88. The fraction of sp³-hybridized carbons (Fsp3) is 0.588. The molecule has 0 aromatic carbocycles. The molecule has 0 aliphatic heterocycles. The van der Waals surface area contributed by atoms with E-state index in [1.165, 1.54) is 47.9 Å². The van der Waals surface area contributed by atoms with Gasteiger partial charge in [0.05, 0.1) is 5.39 Å². The van der Waals surface area contributed by atoms with Crippen molar-refractivity contribution in [2.24, 2.45) is 0 Å². The number of nitrogens with one attached hydrogen (secondary N) is 1. The predicted molar refractivity (Wildman–Crippen MR) is 95.5 cm³/mol. The van der Waals surface area contributed by atoms with E-state index in [4.69, 9.17) is 4.98 Å². The number of aryl methyl sites for hydroxylation is 1. The minimum atomic E-state index is 0.596. The first-order valence-corrected chi connectivity index (χ1v) is 9.50. The molecule has 0 unspecified atom stereocenters. The summed E-state index contributed by atoms with van der Waals surface area (Å²) in [5.74, 6) is 1.42. The molecule has 122 valence electrons. The molecule has 3 heterocycles. The van der Waals surface area contributed by atoms with Crippen molar-refractivity contribution < 1.29 is 0 Å². The van der Waals surface area contributed by atoms with Crippen LogP contribution in [0.4, 0.5) is 5.95 Å². The van der Waals surface area contributed by atoms with Gasteiger partial charge in [0.25, 0.3) is 0 Å². The maximum atomic E-state index is 4.88. The highest BCUT2D eigenvalue weighted by molar-refractivity contribution is 7.19. The summed E-state index contributed by atoms with van der Waals surface area (Å²) in [5, 5.41) is 9.09. The molecule has 0 spiro atoms. The second kappa shape index (κ2) is 6.07. The Morgan fingerprint density at radius 3 is 3.17 bits per heavy atom. The first-order valence-electron chi connectivity index (χ1n) is 8.68. The summed E-state index contributed by atoms with van der Waals surface area (Å²) in [6.45, 7) is 5.48. The molecular formula is C17H23N5S. The van der Waals surface area contributed by atoms with Crippen molar-refractivity contribution in [2.75, 3.05) is 11.9 Å². The molecule has 1 aliphatic carbocycles. The molecule has 1 aliphatic rings. The predicted octanol–water partition coefficient (Wildman–Crippen LogP) is 4.38. The van der Waals surface area contributed by atoms with Crippen LogP contribution in [0, 0.1) is 0 Å². The number of rotatable bonds is 5. The second-order valence-electron chi connectivity index (χ2n) is 6.48. The molecule has 0 radical (unpaired) electrons. The Bertz CT molecular complexity index is 834. The highest BCUT2D eigenvalue weighted by atomic mass is 32.1. The summed E-state index contributed by atoms with van der Waals surface area (Å²) in [7, 11) is 0. The van der Waals surface area contributed by atoms with Crippen molar-refractivity contribution in [2.45, 2.75) is 58.3 Å². The van der Waals surface area contributed by atoms with Gasteiger partial charge in [-0.1, -0.05) is 26.7 Å². The van der Waals surface area contributed by atoms with Gasteiger partial charge < -0.3 is 5.32 Å². The zero-order valence-corrected chi connectivity index (χ0v) is 14.6. The zero-order valence-electron chi connectivity index (χ0n) is 13.8. The Morgan fingerprint density at radius 2 is 2.30 bits per heavy atom. The molecule has 0 fully saturated rings. The second-order valence-corrected chi connectivity index (χ2v) is 7.56. The summed E-state index contributed by atoms with van der Waals surface area (Å²) >= 11 is 1.85. The lowest BCUT2D eigenvalue weighted by atomic mass is 9.87. The number of fused-ring (bicyclic) bond motifs is 5. The van der Waals surface area contributed by atoms with Crippen LogP contribution in [0.3, 0.4) is 0 Å². The number of aromatic nitrogens is 4. The fourth-order valence-corrected chi connectivity index (χ4v) is 4.92. The average Bonchev–Trinajstić information content (AvgIpc) is 3.15. The van der Waals surface area contributed by atoms with E-state index in [1.54, 1.807) is 6.33 Å². The van der Waals surface area contributed by atoms with Crippen LogP contribution in [0.5, 0.6) is 0 Å². The van der Waals surface area contributed by atoms with Crippen molar-refractivity contribution in [3.8, 4) is 0 Å². The van der Waals surface area contributed by atoms with Gasteiger partial charge in [-0.25, -0.2) is 9.97 Å². The lowest BCUT2D eigenvalue weighted by Gasteiger charge is -2.18. The van der Waals surface area contributed by atoms with E-state index in [2.05, 4.69) is 29.2 Å². The fourth-order valence-electron chi connectivity index (χ4n) is 3.59. The molecule has 0 amide bonds. The molecule has 0 bridgehead atoms. The summed E-state index contributed by atoms with van der Waals surface area (Å²) in [5.41, 5.74) is 2.43. The first-order chi connectivity index (χ1) is 11.3. The lowest BCUT2D eigenvalue weighted by Crippen LogP contribution is -2.09. The van der Waals surface area contributed by atoms with Gasteiger partial charge >= 0.3 is 0 Å². The quantitative estimate of drug-likeness (QED) is 0.706. The third-order valence-corrected chi connectivity index (χ3v) is 5.94. The van der Waals surface area contributed by atoms with Gasteiger partial charge in [0, 0.05) is 11.4 Å². The lowest BCUT2D eigenvalue weighted by molar-refractivity contribution is 0.602. The van der Waals surface area contributed by atoms with Crippen LogP contribution in [0.1, 0.15) is 62.3 Å². The summed E-state index contributed by atoms with van der Waals surface area (Å²) in [6, 6.07) is 0. The van der Waals surface area contributed by atoms with E-state index in [1.807, 2.05) is 15.9 Å². The summed E-state index contributed by atoms with van der Waals surface area (Å²) in [4.78, 5) is 12.0. The van der Waals surface area contributed by atoms with Crippen molar-refractivity contribution in [1.29, 1.82) is 0 Å². The van der Waals surface area contributed by atoms with Gasteiger partial charge in [0.1, 0.15) is 11.2 Å². The molecule has 0 saturated heterocycles. The minimum absolute atomic E-state index is 0.596. The molecule has 23 heavy (non-hydrogen) atoms.